The average molecular weight is 247 g/mol. The van der Waals surface area contributed by atoms with E-state index in [1.54, 1.807) is 0 Å². The maximum atomic E-state index is 5.93. The molecule has 0 spiro atoms. The summed E-state index contributed by atoms with van der Waals surface area (Å²) in [5, 5.41) is 3.47. The highest BCUT2D eigenvalue weighted by Crippen LogP contribution is 2.32. The van der Waals surface area contributed by atoms with Gasteiger partial charge in [0.15, 0.2) is 0 Å². The van der Waals surface area contributed by atoms with E-state index in [9.17, 15) is 0 Å². The monoisotopic (exact) mass is 247 g/mol. The van der Waals surface area contributed by atoms with Gasteiger partial charge in [0.1, 0.15) is 12.4 Å². The van der Waals surface area contributed by atoms with Crippen LogP contribution in [0.4, 0.5) is 0 Å². The molecule has 2 heteroatoms. The van der Waals surface area contributed by atoms with Crippen molar-refractivity contribution in [3.8, 4) is 5.75 Å². The van der Waals surface area contributed by atoms with E-state index in [0.29, 0.717) is 0 Å². The van der Waals surface area contributed by atoms with Gasteiger partial charge < -0.3 is 10.1 Å². The first kappa shape index (κ1) is 13.4. The molecule has 1 saturated carbocycles. The van der Waals surface area contributed by atoms with Gasteiger partial charge in [-0.1, -0.05) is 38.5 Å². The minimum atomic E-state index is 0.130. The summed E-state index contributed by atoms with van der Waals surface area (Å²) in [6.07, 6.45) is 2.66. The molecule has 1 aromatic rings. The molecule has 1 fully saturated rings. The van der Waals surface area contributed by atoms with Gasteiger partial charge in [0, 0.05) is 12.6 Å². The fraction of sp³-hybridized carbons (Fsp3) is 0.625. The van der Waals surface area contributed by atoms with E-state index < -0.39 is 0 Å². The minimum absolute atomic E-state index is 0.130. The SMILES string of the molecule is Cc1ccc(OCCNC2CC2)c(C(C)(C)C)c1. The van der Waals surface area contributed by atoms with Gasteiger partial charge in [0.2, 0.25) is 0 Å². The third-order valence-corrected chi connectivity index (χ3v) is 3.31. The summed E-state index contributed by atoms with van der Waals surface area (Å²) in [6.45, 7) is 10.5. The number of rotatable bonds is 5. The predicted octanol–water partition coefficient (Wildman–Crippen LogP) is 3.42. The summed E-state index contributed by atoms with van der Waals surface area (Å²) >= 11 is 0. The molecule has 18 heavy (non-hydrogen) atoms. The van der Waals surface area contributed by atoms with Crippen LogP contribution in [-0.2, 0) is 5.41 Å². The number of benzene rings is 1. The molecular weight excluding hydrogens is 222 g/mol. The van der Waals surface area contributed by atoms with Gasteiger partial charge >= 0.3 is 0 Å². The quantitative estimate of drug-likeness (QED) is 0.805. The fourth-order valence-corrected chi connectivity index (χ4v) is 2.07. The first-order valence-electron chi connectivity index (χ1n) is 6.94. The van der Waals surface area contributed by atoms with Gasteiger partial charge in [-0.15, -0.1) is 0 Å². The molecule has 0 unspecified atom stereocenters. The number of hydrogen-bond donors (Lipinski definition) is 1. The Bertz CT molecular complexity index is 402. The van der Waals surface area contributed by atoms with Crippen LogP contribution in [0, 0.1) is 6.92 Å². The van der Waals surface area contributed by atoms with Crippen LogP contribution in [0.15, 0.2) is 18.2 Å². The lowest BCUT2D eigenvalue weighted by Crippen LogP contribution is -2.23. The summed E-state index contributed by atoms with van der Waals surface area (Å²) in [7, 11) is 0. The molecule has 0 aliphatic heterocycles. The van der Waals surface area contributed by atoms with Crippen molar-refractivity contribution in [1.29, 1.82) is 0 Å². The van der Waals surface area contributed by atoms with Gasteiger partial charge in [-0.3, -0.25) is 0 Å². The molecule has 0 atom stereocenters. The lowest BCUT2D eigenvalue weighted by atomic mass is 9.85. The minimum Gasteiger partial charge on any atom is -0.492 e. The Morgan fingerprint density at radius 1 is 1.28 bits per heavy atom. The molecule has 0 saturated heterocycles. The van der Waals surface area contributed by atoms with Crippen molar-refractivity contribution < 1.29 is 4.74 Å². The highest BCUT2D eigenvalue weighted by molar-refractivity contribution is 5.41. The second-order valence-electron chi connectivity index (χ2n) is 6.33. The van der Waals surface area contributed by atoms with Crippen LogP contribution in [0.5, 0.6) is 5.75 Å². The van der Waals surface area contributed by atoms with E-state index >= 15 is 0 Å². The second-order valence-corrected chi connectivity index (χ2v) is 6.33. The molecule has 1 N–H and O–H groups in total. The molecule has 1 aliphatic carbocycles. The van der Waals surface area contributed by atoms with Gasteiger partial charge in [0.05, 0.1) is 0 Å². The molecule has 0 radical (unpaired) electrons. The van der Waals surface area contributed by atoms with Gasteiger partial charge in [-0.05, 0) is 36.8 Å². The zero-order chi connectivity index (χ0) is 13.2. The molecule has 2 nitrogen and oxygen atoms in total. The van der Waals surface area contributed by atoms with E-state index in [0.717, 1.165) is 24.9 Å². The summed E-state index contributed by atoms with van der Waals surface area (Å²) in [5.74, 6) is 1.03. The van der Waals surface area contributed by atoms with Crippen LogP contribution in [0.2, 0.25) is 0 Å². The van der Waals surface area contributed by atoms with Gasteiger partial charge in [-0.25, -0.2) is 0 Å². The van der Waals surface area contributed by atoms with Crippen molar-refractivity contribution in [3.63, 3.8) is 0 Å². The average Bonchev–Trinajstić information content (AvgIpc) is 3.08. The van der Waals surface area contributed by atoms with E-state index in [4.69, 9.17) is 4.74 Å². The van der Waals surface area contributed by atoms with Crippen LogP contribution < -0.4 is 10.1 Å². The molecule has 0 bridgehead atoms. The largest absolute Gasteiger partial charge is 0.492 e. The molecule has 1 aliphatic rings. The predicted molar refractivity (Wildman–Crippen MR) is 76.4 cm³/mol. The lowest BCUT2D eigenvalue weighted by Gasteiger charge is -2.23. The van der Waals surface area contributed by atoms with Crippen molar-refractivity contribution in [2.45, 2.75) is 52.0 Å². The third kappa shape index (κ3) is 3.74. The van der Waals surface area contributed by atoms with E-state index in [-0.39, 0.29) is 5.41 Å². The second kappa shape index (κ2) is 5.31. The van der Waals surface area contributed by atoms with Gasteiger partial charge in [-0.2, -0.15) is 0 Å². The Hall–Kier alpha value is -1.02. The van der Waals surface area contributed by atoms with Crippen LogP contribution in [0.3, 0.4) is 0 Å². The highest BCUT2D eigenvalue weighted by Gasteiger charge is 2.21. The molecule has 2 rings (SSSR count). The number of ether oxygens (including phenoxy) is 1. The summed E-state index contributed by atoms with van der Waals surface area (Å²) < 4.78 is 5.93. The molecular formula is C16H25NO. The Morgan fingerprint density at radius 2 is 2.00 bits per heavy atom. The summed E-state index contributed by atoms with van der Waals surface area (Å²) in [4.78, 5) is 0. The summed E-state index contributed by atoms with van der Waals surface area (Å²) in [5.41, 5.74) is 2.72. The van der Waals surface area contributed by atoms with Crippen molar-refractivity contribution in [2.24, 2.45) is 0 Å². The highest BCUT2D eigenvalue weighted by atomic mass is 16.5. The van der Waals surface area contributed by atoms with E-state index in [1.807, 2.05) is 0 Å². The number of nitrogens with one attached hydrogen (secondary N) is 1. The first-order chi connectivity index (χ1) is 8.47. The lowest BCUT2D eigenvalue weighted by molar-refractivity contribution is 0.305. The molecule has 0 heterocycles. The van der Waals surface area contributed by atoms with Gasteiger partial charge in [0.25, 0.3) is 0 Å². The number of aryl methyl sites for hydroxylation is 1. The summed E-state index contributed by atoms with van der Waals surface area (Å²) in [6, 6.07) is 7.23. The maximum Gasteiger partial charge on any atom is 0.123 e. The zero-order valence-corrected chi connectivity index (χ0v) is 12.0. The molecule has 0 aromatic heterocycles. The Kier molecular flexibility index (Phi) is 3.96. The van der Waals surface area contributed by atoms with Crippen LogP contribution in [-0.4, -0.2) is 19.2 Å². The van der Waals surface area contributed by atoms with E-state index in [1.165, 1.54) is 24.0 Å². The van der Waals surface area contributed by atoms with Crippen LogP contribution in [0.25, 0.3) is 0 Å². The zero-order valence-electron chi connectivity index (χ0n) is 12.0. The Labute approximate surface area is 111 Å². The Morgan fingerprint density at radius 3 is 2.61 bits per heavy atom. The molecule has 1 aromatic carbocycles. The fourth-order valence-electron chi connectivity index (χ4n) is 2.07. The van der Waals surface area contributed by atoms with E-state index in [2.05, 4.69) is 51.2 Å². The maximum absolute atomic E-state index is 5.93. The smallest absolute Gasteiger partial charge is 0.123 e. The normalized spacial score (nSPS) is 15.8. The topological polar surface area (TPSA) is 21.3 Å². The third-order valence-electron chi connectivity index (χ3n) is 3.31. The Balaban J connectivity index is 1.97. The first-order valence-corrected chi connectivity index (χ1v) is 6.94. The van der Waals surface area contributed by atoms with Crippen LogP contribution in [0.1, 0.15) is 44.7 Å². The van der Waals surface area contributed by atoms with Crippen molar-refractivity contribution in [1.82, 2.24) is 5.32 Å². The van der Waals surface area contributed by atoms with Crippen molar-refractivity contribution in [2.75, 3.05) is 13.2 Å². The van der Waals surface area contributed by atoms with Crippen molar-refractivity contribution >= 4 is 0 Å². The molecule has 100 valence electrons. The van der Waals surface area contributed by atoms with Crippen LogP contribution >= 0.6 is 0 Å². The van der Waals surface area contributed by atoms with Crippen molar-refractivity contribution in [3.05, 3.63) is 29.3 Å². The molecule has 0 amide bonds. The number of hydrogen-bond acceptors (Lipinski definition) is 2. The standard InChI is InChI=1S/C16H25NO/c1-12-5-8-15(14(11-12)16(2,3)4)18-10-9-17-13-6-7-13/h5,8,11,13,17H,6-7,9-10H2,1-4H3.